The Labute approximate surface area is 212 Å². The molecular weight excluding hydrogens is 495 g/mol. The first-order valence-corrected chi connectivity index (χ1v) is 11.2. The number of aromatic nitrogens is 3. The highest BCUT2D eigenvalue weighted by Gasteiger charge is 2.20. The van der Waals surface area contributed by atoms with Gasteiger partial charge in [-0.05, 0) is 52.0 Å². The van der Waals surface area contributed by atoms with Gasteiger partial charge in [-0.15, -0.1) is 0 Å². The molecule has 0 fully saturated rings. The molecule has 10 nitrogen and oxygen atoms in total. The fraction of sp³-hybridized carbons (Fsp3) is 0.417. The van der Waals surface area contributed by atoms with Crippen LogP contribution in [0.25, 0.3) is 5.65 Å². The fourth-order valence-corrected chi connectivity index (χ4v) is 2.97. The van der Waals surface area contributed by atoms with E-state index in [1.165, 1.54) is 28.9 Å². The maximum Gasteiger partial charge on any atom is 0.410 e. The average Bonchev–Trinajstić information content (AvgIpc) is 3.25. The molecule has 0 aliphatic rings. The van der Waals surface area contributed by atoms with Gasteiger partial charge >= 0.3 is 12.1 Å². The van der Waals surface area contributed by atoms with Crippen LogP contribution >= 0.6 is 0 Å². The first kappa shape index (κ1) is 29.2. The molecular formula is C24H30F3N5O5. The molecule has 2 N–H and O–H groups in total. The van der Waals surface area contributed by atoms with E-state index in [2.05, 4.69) is 15.4 Å². The lowest BCUT2D eigenvalue weighted by molar-refractivity contribution is 0.0411. The van der Waals surface area contributed by atoms with Gasteiger partial charge in [0.1, 0.15) is 35.2 Å². The van der Waals surface area contributed by atoms with Crippen molar-refractivity contribution >= 4 is 23.5 Å². The van der Waals surface area contributed by atoms with Crippen molar-refractivity contribution in [2.24, 2.45) is 0 Å². The number of amides is 1. The summed E-state index contributed by atoms with van der Waals surface area (Å²) in [7, 11) is 0.500. The maximum atomic E-state index is 14.2. The summed E-state index contributed by atoms with van der Waals surface area (Å²) in [5, 5.41) is 9.12. The van der Waals surface area contributed by atoms with E-state index >= 15 is 0 Å². The van der Waals surface area contributed by atoms with Gasteiger partial charge in [-0.25, -0.2) is 27.9 Å². The second-order valence-corrected chi connectivity index (χ2v) is 8.39. The molecule has 0 bridgehead atoms. The van der Waals surface area contributed by atoms with Crippen LogP contribution in [0.3, 0.4) is 0 Å². The number of esters is 1. The first-order valence-electron chi connectivity index (χ1n) is 11.2. The topological polar surface area (TPSA) is 116 Å². The zero-order valence-electron chi connectivity index (χ0n) is 21.2. The van der Waals surface area contributed by atoms with Gasteiger partial charge in [-0.1, -0.05) is 0 Å². The van der Waals surface area contributed by atoms with Crippen LogP contribution in [-0.4, -0.2) is 58.9 Å². The third-order valence-corrected chi connectivity index (χ3v) is 4.41. The number of nitrogens with one attached hydrogen (secondary N) is 2. The molecule has 202 valence electrons. The zero-order chi connectivity index (χ0) is 27.6. The fourth-order valence-electron chi connectivity index (χ4n) is 2.97. The number of carbonyl (C=O) groups is 2. The van der Waals surface area contributed by atoms with Crippen molar-refractivity contribution in [3.8, 4) is 5.75 Å². The predicted molar refractivity (Wildman–Crippen MR) is 129 cm³/mol. The monoisotopic (exact) mass is 525 g/mol. The lowest BCUT2D eigenvalue weighted by atomic mass is 10.2. The van der Waals surface area contributed by atoms with Crippen LogP contribution in [-0.2, 0) is 16.0 Å². The van der Waals surface area contributed by atoms with Gasteiger partial charge in [0.2, 0.25) is 6.30 Å². The number of hydrogen-bond acceptors (Lipinski definition) is 8. The highest BCUT2D eigenvalue weighted by Crippen LogP contribution is 2.22. The number of hydrogen-bond donors (Lipinski definition) is 2. The third-order valence-electron chi connectivity index (χ3n) is 4.41. The Kier molecular flexibility index (Phi) is 10.5. The molecule has 1 atom stereocenters. The molecule has 0 aliphatic heterocycles. The van der Waals surface area contributed by atoms with E-state index < -0.39 is 36.4 Å². The lowest BCUT2D eigenvalue weighted by Crippen LogP contribution is -2.39. The summed E-state index contributed by atoms with van der Waals surface area (Å²) in [6.07, 6.45) is 0.203. The Balaban J connectivity index is 0.00000235. The maximum absolute atomic E-state index is 14.2. The van der Waals surface area contributed by atoms with Crippen LogP contribution in [0.5, 0.6) is 5.75 Å². The second kappa shape index (κ2) is 13.3. The molecule has 13 heteroatoms. The van der Waals surface area contributed by atoms with Gasteiger partial charge in [-0.3, -0.25) is 9.71 Å². The first-order chi connectivity index (χ1) is 17.6. The van der Waals surface area contributed by atoms with Crippen LogP contribution < -0.4 is 15.4 Å². The van der Waals surface area contributed by atoms with E-state index in [0.29, 0.717) is 18.6 Å². The van der Waals surface area contributed by atoms with Gasteiger partial charge in [0.25, 0.3) is 0 Å². The quantitative estimate of drug-likeness (QED) is 0.311. The minimum atomic E-state index is -1.84. The molecule has 1 amide bonds. The standard InChI is InChI=1S/C23H27F2N5O5.CH3F/c1-5-33-21(31)16-12-27-30-9-8-19(29-20(16)30)26-11-14-10-15(24)6-7-17(14)34-13-18(25)28-22(32)35-23(2,3)4;1-2/h6-10,12,18H,5,11,13H2,1-4H3,(H,26,29)(H,28,32);1H3/t18-;/m0./s1. The highest BCUT2D eigenvalue weighted by atomic mass is 19.1. The number of anilines is 1. The summed E-state index contributed by atoms with van der Waals surface area (Å²) in [5.74, 6) is -0.464. The summed E-state index contributed by atoms with van der Waals surface area (Å²) in [4.78, 5) is 28.2. The molecule has 0 unspecified atom stereocenters. The molecule has 3 rings (SSSR count). The molecule has 2 aromatic heterocycles. The van der Waals surface area contributed by atoms with E-state index in [9.17, 15) is 22.8 Å². The van der Waals surface area contributed by atoms with Gasteiger partial charge < -0.3 is 19.5 Å². The number of alkyl halides is 2. The normalized spacial score (nSPS) is 11.7. The molecule has 3 aromatic rings. The SMILES string of the molecule is CCOC(=O)c1cnn2ccc(NCc3cc(F)ccc3OC[C@@H](F)NC(=O)OC(C)(C)C)nc12.CF. The molecule has 0 aliphatic carbocycles. The summed E-state index contributed by atoms with van der Waals surface area (Å²) >= 11 is 0. The van der Waals surface area contributed by atoms with Crippen molar-refractivity contribution in [3.05, 3.63) is 53.6 Å². The van der Waals surface area contributed by atoms with E-state index in [1.54, 1.807) is 40.0 Å². The van der Waals surface area contributed by atoms with E-state index in [0.717, 1.165) is 0 Å². The van der Waals surface area contributed by atoms with Crippen molar-refractivity contribution < 1.29 is 37.0 Å². The highest BCUT2D eigenvalue weighted by molar-refractivity contribution is 5.95. The molecule has 0 radical (unpaired) electrons. The van der Waals surface area contributed by atoms with Crippen molar-refractivity contribution in [2.75, 3.05) is 25.7 Å². The largest absolute Gasteiger partial charge is 0.488 e. The van der Waals surface area contributed by atoms with Crippen LogP contribution in [0, 0.1) is 5.82 Å². The van der Waals surface area contributed by atoms with Crippen molar-refractivity contribution in [3.63, 3.8) is 0 Å². The number of halogens is 3. The number of nitrogens with zero attached hydrogens (tertiary/aromatic N) is 3. The summed E-state index contributed by atoms with van der Waals surface area (Å²) in [6, 6.07) is 5.39. The van der Waals surface area contributed by atoms with Crippen LogP contribution in [0.4, 0.5) is 23.8 Å². The Hall–Kier alpha value is -4.03. The van der Waals surface area contributed by atoms with Crippen molar-refractivity contribution in [1.29, 1.82) is 0 Å². The lowest BCUT2D eigenvalue weighted by Gasteiger charge is -2.21. The van der Waals surface area contributed by atoms with Gasteiger partial charge in [0, 0.05) is 18.3 Å². The van der Waals surface area contributed by atoms with Crippen LogP contribution in [0.2, 0.25) is 0 Å². The van der Waals surface area contributed by atoms with Gasteiger partial charge in [0.05, 0.1) is 20.0 Å². The Morgan fingerprint density at radius 3 is 2.59 bits per heavy atom. The number of ether oxygens (including phenoxy) is 3. The Bertz CT molecular complexity index is 1200. The minimum Gasteiger partial charge on any atom is -0.488 e. The third kappa shape index (κ3) is 8.85. The summed E-state index contributed by atoms with van der Waals surface area (Å²) < 4.78 is 54.4. The number of benzene rings is 1. The Morgan fingerprint density at radius 2 is 1.92 bits per heavy atom. The molecule has 0 saturated heterocycles. The second-order valence-electron chi connectivity index (χ2n) is 8.39. The van der Waals surface area contributed by atoms with E-state index in [-0.39, 0.29) is 30.1 Å². The zero-order valence-corrected chi connectivity index (χ0v) is 21.2. The smallest absolute Gasteiger partial charge is 0.410 e. The number of carbonyl (C=O) groups excluding carboxylic acids is 2. The Morgan fingerprint density at radius 1 is 1.19 bits per heavy atom. The van der Waals surface area contributed by atoms with Crippen molar-refractivity contribution in [2.45, 2.75) is 46.1 Å². The number of fused-ring (bicyclic) bond motifs is 1. The van der Waals surface area contributed by atoms with Crippen LogP contribution in [0.1, 0.15) is 43.6 Å². The number of rotatable bonds is 9. The van der Waals surface area contributed by atoms with Crippen LogP contribution in [0.15, 0.2) is 36.7 Å². The van der Waals surface area contributed by atoms with Gasteiger partial charge in [0.15, 0.2) is 5.65 Å². The average molecular weight is 526 g/mol. The summed E-state index contributed by atoms with van der Waals surface area (Å²) in [6.45, 7) is 6.45. The minimum absolute atomic E-state index is 0.0790. The molecule has 1 aromatic carbocycles. The molecule has 0 saturated carbocycles. The number of alkyl carbamates (subject to hydrolysis) is 1. The van der Waals surface area contributed by atoms with Crippen molar-refractivity contribution in [1.82, 2.24) is 19.9 Å². The van der Waals surface area contributed by atoms with E-state index in [4.69, 9.17) is 14.2 Å². The molecule has 0 spiro atoms. The van der Waals surface area contributed by atoms with Gasteiger partial charge in [-0.2, -0.15) is 5.10 Å². The predicted octanol–water partition coefficient (Wildman–Crippen LogP) is 4.44. The summed E-state index contributed by atoms with van der Waals surface area (Å²) in [5.41, 5.74) is 0.107. The van der Waals surface area contributed by atoms with E-state index in [1.807, 2.05) is 5.32 Å². The molecule has 37 heavy (non-hydrogen) atoms. The molecule has 2 heterocycles.